The maximum absolute atomic E-state index is 12.2. The molecule has 1 N–H and O–H groups in total. The predicted molar refractivity (Wildman–Crippen MR) is 106 cm³/mol. The smallest absolute Gasteiger partial charge is 0.258 e. The van der Waals surface area contributed by atoms with Crippen molar-refractivity contribution in [2.45, 2.75) is 13.1 Å². The van der Waals surface area contributed by atoms with E-state index in [1.807, 2.05) is 19.2 Å². The first-order valence-corrected chi connectivity index (χ1v) is 8.81. The molecule has 4 rings (SSSR count). The first-order chi connectivity index (χ1) is 12.6. The Hall–Kier alpha value is -2.69. The molecule has 1 heterocycles. The molecule has 4 aromatic rings. The molecule has 130 valence electrons. The van der Waals surface area contributed by atoms with Crippen molar-refractivity contribution in [1.82, 2.24) is 14.9 Å². The summed E-state index contributed by atoms with van der Waals surface area (Å²) in [4.78, 5) is 21.8. The van der Waals surface area contributed by atoms with Gasteiger partial charge in [-0.25, -0.2) is 4.98 Å². The van der Waals surface area contributed by atoms with Gasteiger partial charge in [0, 0.05) is 11.6 Å². The third-order valence-electron chi connectivity index (χ3n) is 4.40. The zero-order valence-electron chi connectivity index (χ0n) is 14.4. The Balaban J connectivity index is 1.56. The summed E-state index contributed by atoms with van der Waals surface area (Å²) in [5, 5.41) is 3.59. The van der Waals surface area contributed by atoms with Gasteiger partial charge in [-0.1, -0.05) is 48.0 Å². The van der Waals surface area contributed by atoms with E-state index in [0.29, 0.717) is 28.3 Å². The number of hydrogen-bond acceptors (Lipinski definition) is 3. The molecule has 0 aliphatic rings. The van der Waals surface area contributed by atoms with E-state index in [4.69, 9.17) is 11.6 Å². The minimum Gasteiger partial charge on any atom is -0.309 e. The third-order valence-corrected chi connectivity index (χ3v) is 4.64. The minimum absolute atomic E-state index is 0.138. The van der Waals surface area contributed by atoms with Crippen molar-refractivity contribution in [2.75, 3.05) is 7.05 Å². The molecule has 4 nitrogen and oxygen atoms in total. The number of nitrogens with one attached hydrogen (secondary N) is 1. The van der Waals surface area contributed by atoms with E-state index in [-0.39, 0.29) is 5.56 Å². The summed E-state index contributed by atoms with van der Waals surface area (Å²) in [5.74, 6) is 0.632. The Kier molecular flexibility index (Phi) is 4.45. The Morgan fingerprint density at radius 2 is 1.81 bits per heavy atom. The number of halogens is 1. The number of fused-ring (bicyclic) bond motifs is 2. The molecule has 0 radical (unpaired) electrons. The lowest BCUT2D eigenvalue weighted by Crippen LogP contribution is -2.21. The fraction of sp³-hybridized carbons (Fsp3) is 0.143. The summed E-state index contributed by atoms with van der Waals surface area (Å²) in [6.45, 7) is 1.31. The Morgan fingerprint density at radius 1 is 1.00 bits per heavy atom. The highest BCUT2D eigenvalue weighted by atomic mass is 35.5. The fourth-order valence-electron chi connectivity index (χ4n) is 3.20. The van der Waals surface area contributed by atoms with Crippen LogP contribution in [0.3, 0.4) is 0 Å². The number of hydrogen-bond donors (Lipinski definition) is 1. The van der Waals surface area contributed by atoms with Crippen molar-refractivity contribution in [3.63, 3.8) is 0 Å². The summed E-state index contributed by atoms with van der Waals surface area (Å²) >= 11 is 6.02. The van der Waals surface area contributed by atoms with Crippen LogP contribution in [0, 0.1) is 0 Å². The third kappa shape index (κ3) is 3.47. The zero-order chi connectivity index (χ0) is 18.1. The molecule has 0 aliphatic heterocycles. The average Bonchev–Trinajstić information content (AvgIpc) is 2.61. The lowest BCUT2D eigenvalue weighted by molar-refractivity contribution is 0.311. The van der Waals surface area contributed by atoms with Gasteiger partial charge in [-0.2, -0.15) is 0 Å². The highest BCUT2D eigenvalue weighted by molar-refractivity contribution is 6.31. The molecule has 0 unspecified atom stereocenters. The molecule has 5 heteroatoms. The molecular weight excluding hydrogens is 346 g/mol. The number of benzene rings is 3. The van der Waals surface area contributed by atoms with Gasteiger partial charge in [0.05, 0.1) is 17.4 Å². The van der Waals surface area contributed by atoms with E-state index >= 15 is 0 Å². The first kappa shape index (κ1) is 16.8. The first-order valence-electron chi connectivity index (χ1n) is 8.43. The summed E-state index contributed by atoms with van der Waals surface area (Å²) in [5.41, 5.74) is 1.70. The van der Waals surface area contributed by atoms with Gasteiger partial charge in [0.1, 0.15) is 5.82 Å². The molecule has 0 spiro atoms. The number of rotatable bonds is 4. The van der Waals surface area contributed by atoms with Crippen molar-refractivity contribution in [3.05, 3.63) is 87.4 Å². The number of nitrogens with zero attached hydrogens (tertiary/aromatic N) is 2. The van der Waals surface area contributed by atoms with Crippen molar-refractivity contribution in [1.29, 1.82) is 0 Å². The van der Waals surface area contributed by atoms with Crippen LogP contribution in [0.2, 0.25) is 5.02 Å². The maximum atomic E-state index is 12.2. The molecular formula is C21H18ClN3O. The van der Waals surface area contributed by atoms with Crippen LogP contribution >= 0.6 is 11.6 Å². The van der Waals surface area contributed by atoms with Crippen LogP contribution in [0.15, 0.2) is 65.5 Å². The van der Waals surface area contributed by atoms with Crippen molar-refractivity contribution < 1.29 is 0 Å². The quantitative estimate of drug-likeness (QED) is 0.586. The predicted octanol–water partition coefficient (Wildman–Crippen LogP) is 4.36. The molecule has 0 atom stereocenters. The highest BCUT2D eigenvalue weighted by Gasteiger charge is 2.08. The molecule has 0 aliphatic carbocycles. The standard InChI is InChI=1S/C21H18ClN3O/c1-25(12-14-6-7-15-4-2-3-5-16(15)10-14)13-20-23-19-11-17(22)8-9-18(19)21(26)24-20/h2-11H,12-13H2,1H3,(H,23,24,26). The molecule has 0 saturated carbocycles. The van der Waals surface area contributed by atoms with Gasteiger partial charge >= 0.3 is 0 Å². The highest BCUT2D eigenvalue weighted by Crippen LogP contribution is 2.18. The number of H-pyrrole nitrogens is 1. The van der Waals surface area contributed by atoms with E-state index in [1.54, 1.807) is 18.2 Å². The number of aromatic nitrogens is 2. The van der Waals surface area contributed by atoms with Crippen LogP contribution in [0.5, 0.6) is 0 Å². The van der Waals surface area contributed by atoms with Gasteiger partial charge < -0.3 is 4.98 Å². The van der Waals surface area contributed by atoms with Gasteiger partial charge in [-0.05, 0) is 47.6 Å². The lowest BCUT2D eigenvalue weighted by Gasteiger charge is -2.16. The second kappa shape index (κ2) is 6.90. The second-order valence-electron chi connectivity index (χ2n) is 6.53. The Labute approximate surface area is 156 Å². The van der Waals surface area contributed by atoms with Gasteiger partial charge in [0.15, 0.2) is 0 Å². The van der Waals surface area contributed by atoms with Gasteiger partial charge in [-0.15, -0.1) is 0 Å². The van der Waals surface area contributed by atoms with Crippen LogP contribution in [0.4, 0.5) is 0 Å². The van der Waals surface area contributed by atoms with Crippen LogP contribution in [0.25, 0.3) is 21.7 Å². The topological polar surface area (TPSA) is 49.0 Å². The maximum Gasteiger partial charge on any atom is 0.258 e. The van der Waals surface area contributed by atoms with Crippen molar-refractivity contribution in [3.8, 4) is 0 Å². The van der Waals surface area contributed by atoms with E-state index < -0.39 is 0 Å². The summed E-state index contributed by atoms with van der Waals surface area (Å²) in [7, 11) is 2.01. The van der Waals surface area contributed by atoms with Crippen LogP contribution in [-0.2, 0) is 13.1 Å². The monoisotopic (exact) mass is 363 g/mol. The Morgan fingerprint density at radius 3 is 2.65 bits per heavy atom. The van der Waals surface area contributed by atoms with E-state index in [0.717, 1.165) is 6.54 Å². The fourth-order valence-corrected chi connectivity index (χ4v) is 3.36. The molecule has 3 aromatic carbocycles. The van der Waals surface area contributed by atoms with E-state index in [1.165, 1.54) is 16.3 Å². The van der Waals surface area contributed by atoms with E-state index in [9.17, 15) is 4.79 Å². The molecule has 26 heavy (non-hydrogen) atoms. The average molecular weight is 364 g/mol. The minimum atomic E-state index is -0.138. The van der Waals surface area contributed by atoms with Crippen LogP contribution in [0.1, 0.15) is 11.4 Å². The van der Waals surface area contributed by atoms with Crippen LogP contribution < -0.4 is 5.56 Å². The summed E-state index contributed by atoms with van der Waals surface area (Å²) in [6, 6.07) is 19.9. The summed E-state index contributed by atoms with van der Waals surface area (Å²) in [6.07, 6.45) is 0. The van der Waals surface area contributed by atoms with Crippen molar-refractivity contribution >= 4 is 33.3 Å². The molecule has 0 bridgehead atoms. The van der Waals surface area contributed by atoms with Crippen LogP contribution in [-0.4, -0.2) is 21.9 Å². The molecule has 0 fully saturated rings. The number of aromatic amines is 1. The summed E-state index contributed by atoms with van der Waals surface area (Å²) < 4.78 is 0. The SMILES string of the molecule is CN(Cc1ccc2ccccc2c1)Cc1nc2cc(Cl)ccc2c(=O)[nH]1. The van der Waals surface area contributed by atoms with Crippen molar-refractivity contribution in [2.24, 2.45) is 0 Å². The largest absolute Gasteiger partial charge is 0.309 e. The molecule has 0 amide bonds. The molecule has 0 saturated heterocycles. The van der Waals surface area contributed by atoms with Gasteiger partial charge in [-0.3, -0.25) is 9.69 Å². The zero-order valence-corrected chi connectivity index (χ0v) is 15.1. The Bertz CT molecular complexity index is 1150. The lowest BCUT2D eigenvalue weighted by atomic mass is 10.1. The van der Waals surface area contributed by atoms with Gasteiger partial charge in [0.2, 0.25) is 0 Å². The normalized spacial score (nSPS) is 11.5. The van der Waals surface area contributed by atoms with E-state index in [2.05, 4.69) is 45.2 Å². The second-order valence-corrected chi connectivity index (χ2v) is 6.96. The molecule has 1 aromatic heterocycles. The van der Waals surface area contributed by atoms with Gasteiger partial charge in [0.25, 0.3) is 5.56 Å².